The van der Waals surface area contributed by atoms with Crippen molar-refractivity contribution in [2.75, 3.05) is 6.61 Å². The van der Waals surface area contributed by atoms with Gasteiger partial charge in [0.05, 0.1) is 11.5 Å². The highest BCUT2D eigenvalue weighted by Gasteiger charge is 2.44. The Morgan fingerprint density at radius 1 is 1.33 bits per heavy atom. The number of carbonyl (C=O) groups excluding carboxylic acids is 2. The zero-order valence-electron chi connectivity index (χ0n) is 11.9. The van der Waals surface area contributed by atoms with E-state index in [1.165, 1.54) is 12.1 Å². The second-order valence-electron chi connectivity index (χ2n) is 4.81. The van der Waals surface area contributed by atoms with Crippen molar-refractivity contribution >= 4 is 21.9 Å². The number of carbonyl (C=O) groups is 2. The molecular formula is C14H17NO5S. The van der Waals surface area contributed by atoms with E-state index in [0.29, 0.717) is 4.31 Å². The minimum Gasteiger partial charge on any atom is -0.464 e. The summed E-state index contributed by atoms with van der Waals surface area (Å²) in [7, 11) is -4.03. The molecule has 1 atom stereocenters. The molecule has 0 saturated carbocycles. The Hall–Kier alpha value is -1.89. The molecule has 0 aliphatic carbocycles. The number of aryl methyl sites for hydroxylation is 1. The van der Waals surface area contributed by atoms with Crippen LogP contribution in [0.1, 0.15) is 25.3 Å². The van der Waals surface area contributed by atoms with Gasteiger partial charge in [-0.2, -0.15) is 0 Å². The first kappa shape index (κ1) is 15.5. The Morgan fingerprint density at radius 2 is 1.95 bits per heavy atom. The average molecular weight is 311 g/mol. The van der Waals surface area contributed by atoms with Gasteiger partial charge in [-0.1, -0.05) is 17.7 Å². The predicted molar refractivity (Wildman–Crippen MR) is 74.9 cm³/mol. The van der Waals surface area contributed by atoms with Crippen LogP contribution in [0.2, 0.25) is 0 Å². The van der Waals surface area contributed by atoms with Crippen LogP contribution < -0.4 is 0 Å². The standard InChI is InChI=1S/C14H17NO5S/c1-3-20-14(17)12-8-9-13(16)15(12)21(18,19)11-6-4-10(2)5-7-11/h4-7,12H,3,8-9H2,1-2H3/t12-/m1/s1. The van der Waals surface area contributed by atoms with Crippen LogP contribution in [0.5, 0.6) is 0 Å². The van der Waals surface area contributed by atoms with Crippen molar-refractivity contribution in [1.29, 1.82) is 0 Å². The van der Waals surface area contributed by atoms with Crippen LogP contribution >= 0.6 is 0 Å². The molecule has 0 unspecified atom stereocenters. The molecule has 1 amide bonds. The zero-order valence-corrected chi connectivity index (χ0v) is 12.7. The van der Waals surface area contributed by atoms with Crippen molar-refractivity contribution in [3.05, 3.63) is 29.8 Å². The molecule has 1 aliphatic rings. The van der Waals surface area contributed by atoms with Gasteiger partial charge in [-0.05, 0) is 32.4 Å². The molecule has 1 heterocycles. The van der Waals surface area contributed by atoms with Crippen molar-refractivity contribution in [3.63, 3.8) is 0 Å². The van der Waals surface area contributed by atoms with Gasteiger partial charge in [0, 0.05) is 6.42 Å². The topological polar surface area (TPSA) is 80.8 Å². The van der Waals surface area contributed by atoms with Gasteiger partial charge in [0.1, 0.15) is 6.04 Å². The van der Waals surface area contributed by atoms with E-state index >= 15 is 0 Å². The second-order valence-corrected chi connectivity index (χ2v) is 6.63. The first-order valence-electron chi connectivity index (χ1n) is 6.68. The first-order chi connectivity index (χ1) is 9.87. The molecule has 7 heteroatoms. The lowest BCUT2D eigenvalue weighted by Gasteiger charge is -2.22. The maximum atomic E-state index is 12.6. The number of rotatable bonds is 4. The minimum absolute atomic E-state index is 0.00218. The summed E-state index contributed by atoms with van der Waals surface area (Å²) >= 11 is 0. The van der Waals surface area contributed by atoms with Gasteiger partial charge in [-0.3, -0.25) is 4.79 Å². The monoisotopic (exact) mass is 311 g/mol. The molecule has 114 valence electrons. The van der Waals surface area contributed by atoms with Gasteiger partial charge in [-0.25, -0.2) is 17.5 Å². The summed E-state index contributed by atoms with van der Waals surface area (Å²) in [5, 5.41) is 0. The van der Waals surface area contributed by atoms with Gasteiger partial charge >= 0.3 is 5.97 Å². The molecule has 0 N–H and O–H groups in total. The summed E-state index contributed by atoms with van der Waals surface area (Å²) in [6.07, 6.45) is 0.178. The average Bonchev–Trinajstić information content (AvgIpc) is 2.82. The van der Waals surface area contributed by atoms with E-state index in [4.69, 9.17) is 4.74 Å². The third-order valence-electron chi connectivity index (χ3n) is 3.30. The molecule has 0 aromatic heterocycles. The smallest absolute Gasteiger partial charge is 0.330 e. The Labute approximate surface area is 123 Å². The van der Waals surface area contributed by atoms with Crippen molar-refractivity contribution in [3.8, 4) is 0 Å². The van der Waals surface area contributed by atoms with Gasteiger partial charge in [0.25, 0.3) is 10.0 Å². The largest absolute Gasteiger partial charge is 0.464 e. The van der Waals surface area contributed by atoms with Crippen molar-refractivity contribution in [2.24, 2.45) is 0 Å². The highest BCUT2D eigenvalue weighted by atomic mass is 32.2. The molecule has 21 heavy (non-hydrogen) atoms. The molecule has 1 fully saturated rings. The number of hydrogen-bond donors (Lipinski definition) is 0. The maximum absolute atomic E-state index is 12.6. The third kappa shape index (κ3) is 2.92. The lowest BCUT2D eigenvalue weighted by Crippen LogP contribution is -2.43. The number of amides is 1. The SMILES string of the molecule is CCOC(=O)[C@H]1CCC(=O)N1S(=O)(=O)c1ccc(C)cc1. The number of esters is 1. The summed E-state index contributed by atoms with van der Waals surface area (Å²) in [5.41, 5.74) is 0.906. The Bertz CT molecular complexity index is 650. The first-order valence-corrected chi connectivity index (χ1v) is 8.12. The van der Waals surface area contributed by atoms with Gasteiger partial charge in [-0.15, -0.1) is 0 Å². The van der Waals surface area contributed by atoms with E-state index < -0.39 is 27.9 Å². The molecular weight excluding hydrogens is 294 g/mol. The van der Waals surface area contributed by atoms with Crippen molar-refractivity contribution in [2.45, 2.75) is 37.6 Å². The summed E-state index contributed by atoms with van der Waals surface area (Å²) in [5.74, 6) is -1.26. The van der Waals surface area contributed by atoms with E-state index in [9.17, 15) is 18.0 Å². The number of hydrogen-bond acceptors (Lipinski definition) is 5. The fourth-order valence-corrected chi connectivity index (χ4v) is 3.83. The number of ether oxygens (including phenoxy) is 1. The quantitative estimate of drug-likeness (QED) is 0.781. The molecule has 0 bridgehead atoms. The highest BCUT2D eigenvalue weighted by molar-refractivity contribution is 7.89. The van der Waals surface area contributed by atoms with E-state index in [1.54, 1.807) is 19.1 Å². The second kappa shape index (κ2) is 5.85. The molecule has 2 rings (SSSR count). The summed E-state index contributed by atoms with van der Waals surface area (Å²) in [4.78, 5) is 23.8. The molecule has 1 aromatic rings. The molecule has 6 nitrogen and oxygen atoms in total. The minimum atomic E-state index is -4.03. The van der Waals surface area contributed by atoms with E-state index in [1.807, 2.05) is 6.92 Å². The molecule has 1 aromatic carbocycles. The normalized spacial score (nSPS) is 18.9. The fraction of sp³-hybridized carbons (Fsp3) is 0.429. The van der Waals surface area contributed by atoms with E-state index in [2.05, 4.69) is 0 Å². The highest BCUT2D eigenvalue weighted by Crippen LogP contribution is 2.28. The third-order valence-corrected chi connectivity index (χ3v) is 5.14. The van der Waals surface area contributed by atoms with Gasteiger partial charge < -0.3 is 4.74 Å². The Morgan fingerprint density at radius 3 is 2.52 bits per heavy atom. The summed E-state index contributed by atoms with van der Waals surface area (Å²) in [6.45, 7) is 3.61. The van der Waals surface area contributed by atoms with Crippen molar-refractivity contribution in [1.82, 2.24) is 4.31 Å². The van der Waals surface area contributed by atoms with Crippen molar-refractivity contribution < 1.29 is 22.7 Å². The Balaban J connectivity index is 2.38. The fourth-order valence-electron chi connectivity index (χ4n) is 2.24. The molecule has 0 radical (unpaired) electrons. The van der Waals surface area contributed by atoms with Crippen LogP contribution in [-0.2, 0) is 24.3 Å². The predicted octanol–water partition coefficient (Wildman–Crippen LogP) is 1.24. The maximum Gasteiger partial charge on any atom is 0.330 e. The molecule has 1 aliphatic heterocycles. The number of benzene rings is 1. The Kier molecular flexibility index (Phi) is 4.32. The summed E-state index contributed by atoms with van der Waals surface area (Å²) < 4.78 is 30.7. The van der Waals surface area contributed by atoms with Crippen LogP contribution in [0, 0.1) is 6.92 Å². The number of sulfonamides is 1. The number of nitrogens with zero attached hydrogens (tertiary/aromatic N) is 1. The van der Waals surface area contributed by atoms with Crippen LogP contribution in [0.3, 0.4) is 0 Å². The van der Waals surface area contributed by atoms with Crippen LogP contribution in [0.15, 0.2) is 29.2 Å². The lowest BCUT2D eigenvalue weighted by atomic mass is 10.2. The van der Waals surface area contributed by atoms with Crippen LogP contribution in [0.25, 0.3) is 0 Å². The molecule has 0 spiro atoms. The van der Waals surface area contributed by atoms with Gasteiger partial charge in [0.2, 0.25) is 5.91 Å². The van der Waals surface area contributed by atoms with Crippen LogP contribution in [-0.4, -0.2) is 37.2 Å². The van der Waals surface area contributed by atoms with E-state index in [0.717, 1.165) is 5.56 Å². The molecule has 1 saturated heterocycles. The van der Waals surface area contributed by atoms with E-state index in [-0.39, 0.29) is 24.3 Å². The summed E-state index contributed by atoms with van der Waals surface area (Å²) in [6, 6.07) is 5.08. The van der Waals surface area contributed by atoms with Gasteiger partial charge in [0.15, 0.2) is 0 Å². The van der Waals surface area contributed by atoms with Crippen LogP contribution in [0.4, 0.5) is 0 Å². The zero-order chi connectivity index (χ0) is 15.6. The lowest BCUT2D eigenvalue weighted by molar-refractivity contribution is -0.148.